The van der Waals surface area contributed by atoms with Crippen LogP contribution < -0.4 is 5.32 Å². The van der Waals surface area contributed by atoms with Gasteiger partial charge in [-0.15, -0.1) is 0 Å². The molecule has 0 bridgehead atoms. The van der Waals surface area contributed by atoms with Gasteiger partial charge in [0.25, 0.3) is 0 Å². The highest BCUT2D eigenvalue weighted by molar-refractivity contribution is 6.04. The van der Waals surface area contributed by atoms with Crippen molar-refractivity contribution in [3.8, 4) is 0 Å². The Bertz CT molecular complexity index is 944. The van der Waals surface area contributed by atoms with Gasteiger partial charge in [0.15, 0.2) is 6.10 Å². The molecule has 0 spiro atoms. The van der Waals surface area contributed by atoms with Crippen molar-refractivity contribution >= 4 is 29.3 Å². The van der Waals surface area contributed by atoms with E-state index in [9.17, 15) is 19.2 Å². The van der Waals surface area contributed by atoms with E-state index in [0.29, 0.717) is 16.9 Å². The van der Waals surface area contributed by atoms with Crippen LogP contribution in [0.25, 0.3) is 0 Å². The van der Waals surface area contributed by atoms with E-state index >= 15 is 0 Å². The van der Waals surface area contributed by atoms with E-state index in [-0.39, 0.29) is 22.7 Å². The Balaban J connectivity index is 2.18. The number of anilines is 1. The normalized spacial score (nSPS) is 11.5. The first-order valence-corrected chi connectivity index (χ1v) is 8.56. The van der Waals surface area contributed by atoms with Crippen LogP contribution >= 0.6 is 0 Å². The van der Waals surface area contributed by atoms with Gasteiger partial charge in [-0.2, -0.15) is 0 Å². The Morgan fingerprint density at radius 3 is 2.39 bits per heavy atom. The first kappa shape index (κ1) is 20.9. The fourth-order valence-corrected chi connectivity index (χ4v) is 2.82. The number of H-pyrrole nitrogens is 1. The molecule has 2 aromatic rings. The lowest BCUT2D eigenvalue weighted by atomic mass is 10.1. The van der Waals surface area contributed by atoms with Gasteiger partial charge in [-0.05, 0) is 44.5 Å². The second kappa shape index (κ2) is 8.51. The van der Waals surface area contributed by atoms with E-state index < -0.39 is 23.8 Å². The Morgan fingerprint density at radius 1 is 1.11 bits per heavy atom. The van der Waals surface area contributed by atoms with Gasteiger partial charge < -0.3 is 19.8 Å². The van der Waals surface area contributed by atoms with E-state index in [1.54, 1.807) is 26.0 Å². The summed E-state index contributed by atoms with van der Waals surface area (Å²) in [5, 5.41) is 2.57. The minimum atomic E-state index is -1.08. The van der Waals surface area contributed by atoms with E-state index in [2.05, 4.69) is 10.3 Å². The van der Waals surface area contributed by atoms with Gasteiger partial charge >= 0.3 is 11.9 Å². The van der Waals surface area contributed by atoms with Gasteiger partial charge in [0.2, 0.25) is 11.7 Å². The van der Waals surface area contributed by atoms with Crippen LogP contribution in [0.4, 0.5) is 5.69 Å². The molecule has 148 valence electrons. The third kappa shape index (κ3) is 4.46. The molecule has 0 fully saturated rings. The van der Waals surface area contributed by atoms with Crippen molar-refractivity contribution in [1.29, 1.82) is 0 Å². The number of hydrogen-bond donors (Lipinski definition) is 2. The third-order valence-electron chi connectivity index (χ3n) is 4.15. The molecule has 2 rings (SSSR count). The summed E-state index contributed by atoms with van der Waals surface area (Å²) in [4.78, 5) is 50.9. The fraction of sp³-hybridized carbons (Fsp3) is 0.300. The molecule has 0 saturated carbocycles. The molecule has 1 atom stereocenters. The molecule has 0 unspecified atom stereocenters. The number of aromatic amines is 1. The molecule has 1 aromatic carbocycles. The number of ketones is 1. The number of hydrogen-bond acceptors (Lipinski definition) is 6. The monoisotopic (exact) mass is 386 g/mol. The highest BCUT2D eigenvalue weighted by atomic mass is 16.5. The summed E-state index contributed by atoms with van der Waals surface area (Å²) in [6, 6.07) is 6.20. The fourth-order valence-electron chi connectivity index (χ4n) is 2.82. The molecular formula is C20H22N2O6. The summed E-state index contributed by atoms with van der Waals surface area (Å²) in [5.74, 6) is -2.00. The van der Waals surface area contributed by atoms with Gasteiger partial charge in [-0.1, -0.05) is 6.07 Å². The number of aryl methyl sites for hydroxylation is 1. The van der Waals surface area contributed by atoms with Crippen molar-refractivity contribution in [2.24, 2.45) is 0 Å². The zero-order valence-electron chi connectivity index (χ0n) is 16.3. The number of carbonyl (C=O) groups excluding carboxylic acids is 4. The summed E-state index contributed by atoms with van der Waals surface area (Å²) < 4.78 is 9.99. The van der Waals surface area contributed by atoms with Crippen LogP contribution in [0.5, 0.6) is 0 Å². The predicted octanol–water partition coefficient (Wildman–Crippen LogP) is 2.80. The first-order valence-electron chi connectivity index (χ1n) is 8.56. The number of carbonyl (C=O) groups is 4. The van der Waals surface area contributed by atoms with Crippen molar-refractivity contribution in [2.75, 3.05) is 12.4 Å². The summed E-state index contributed by atoms with van der Waals surface area (Å²) in [5.41, 5.74) is 2.04. The Kier molecular flexibility index (Phi) is 6.35. The molecule has 0 saturated heterocycles. The maximum atomic E-state index is 12.7. The minimum Gasteiger partial charge on any atom is -0.465 e. The quantitative estimate of drug-likeness (QED) is 0.583. The second-order valence-corrected chi connectivity index (χ2v) is 6.29. The largest absolute Gasteiger partial charge is 0.465 e. The number of ether oxygens (including phenoxy) is 2. The highest BCUT2D eigenvalue weighted by Gasteiger charge is 2.27. The highest BCUT2D eigenvalue weighted by Crippen LogP contribution is 2.21. The molecule has 0 radical (unpaired) electrons. The van der Waals surface area contributed by atoms with Gasteiger partial charge in [-0.25, -0.2) is 9.59 Å². The number of amides is 1. The summed E-state index contributed by atoms with van der Waals surface area (Å²) in [6.07, 6.45) is -1.08. The summed E-state index contributed by atoms with van der Waals surface area (Å²) >= 11 is 0. The average molecular weight is 386 g/mol. The number of nitrogens with one attached hydrogen (secondary N) is 2. The number of Topliss-reactive ketones (excluding diaryl/α,β-unsaturated/α-hetero) is 1. The Morgan fingerprint density at radius 2 is 1.79 bits per heavy atom. The van der Waals surface area contributed by atoms with Crippen molar-refractivity contribution < 1.29 is 28.7 Å². The van der Waals surface area contributed by atoms with Gasteiger partial charge in [0.1, 0.15) is 0 Å². The standard InChI is InChI=1S/C20H22N2O6/c1-10-16(20(26)27-5)11(2)21-17(10)18(24)12(3)28-19(25)14-7-6-8-15(9-14)22-13(4)23/h6-9,12,21H,1-5H3,(H,22,23)/t12-/m1/s1. The lowest BCUT2D eigenvalue weighted by Crippen LogP contribution is -2.25. The molecule has 1 heterocycles. The Hall–Kier alpha value is -3.42. The molecule has 0 aliphatic rings. The van der Waals surface area contributed by atoms with E-state index in [4.69, 9.17) is 9.47 Å². The Labute approximate surface area is 162 Å². The van der Waals surface area contributed by atoms with Gasteiger partial charge in [0.05, 0.1) is 23.9 Å². The van der Waals surface area contributed by atoms with E-state index in [1.807, 2.05) is 0 Å². The van der Waals surface area contributed by atoms with Crippen LogP contribution in [0, 0.1) is 13.8 Å². The number of esters is 2. The van der Waals surface area contributed by atoms with Crippen LogP contribution in [0.1, 0.15) is 56.3 Å². The molecule has 0 aliphatic carbocycles. The maximum absolute atomic E-state index is 12.7. The lowest BCUT2D eigenvalue weighted by molar-refractivity contribution is -0.114. The van der Waals surface area contributed by atoms with Crippen LogP contribution in [0.15, 0.2) is 24.3 Å². The van der Waals surface area contributed by atoms with Crippen LogP contribution in [-0.4, -0.2) is 41.8 Å². The van der Waals surface area contributed by atoms with Crippen molar-refractivity contribution in [1.82, 2.24) is 4.98 Å². The number of rotatable bonds is 6. The molecule has 1 aromatic heterocycles. The number of methoxy groups -OCH3 is 1. The minimum absolute atomic E-state index is 0.185. The van der Waals surface area contributed by atoms with Gasteiger partial charge in [-0.3, -0.25) is 9.59 Å². The summed E-state index contributed by atoms with van der Waals surface area (Å²) in [6.45, 7) is 6.08. The summed E-state index contributed by atoms with van der Waals surface area (Å²) in [7, 11) is 1.26. The molecule has 2 N–H and O–H groups in total. The topological polar surface area (TPSA) is 115 Å². The predicted molar refractivity (Wildman–Crippen MR) is 102 cm³/mol. The zero-order valence-corrected chi connectivity index (χ0v) is 16.3. The second-order valence-electron chi connectivity index (χ2n) is 6.29. The smallest absolute Gasteiger partial charge is 0.339 e. The van der Waals surface area contributed by atoms with E-state index in [1.165, 1.54) is 33.1 Å². The van der Waals surface area contributed by atoms with E-state index in [0.717, 1.165) is 0 Å². The lowest BCUT2D eigenvalue weighted by Gasteiger charge is -2.13. The van der Waals surface area contributed by atoms with Crippen LogP contribution in [-0.2, 0) is 14.3 Å². The van der Waals surface area contributed by atoms with Crippen LogP contribution in [0.2, 0.25) is 0 Å². The molecule has 8 heteroatoms. The first-order chi connectivity index (χ1) is 13.1. The SMILES string of the molecule is COC(=O)c1c(C)[nH]c(C(=O)[C@@H](C)OC(=O)c2cccc(NC(C)=O)c2)c1C. The zero-order chi connectivity index (χ0) is 21.0. The molecular weight excluding hydrogens is 364 g/mol. The average Bonchev–Trinajstić information content (AvgIpc) is 2.94. The van der Waals surface area contributed by atoms with Crippen molar-refractivity contribution in [3.63, 3.8) is 0 Å². The molecule has 1 amide bonds. The third-order valence-corrected chi connectivity index (χ3v) is 4.15. The number of aromatic nitrogens is 1. The molecule has 0 aliphatic heterocycles. The van der Waals surface area contributed by atoms with Crippen LogP contribution in [0.3, 0.4) is 0 Å². The molecule has 8 nitrogen and oxygen atoms in total. The van der Waals surface area contributed by atoms with Crippen molar-refractivity contribution in [3.05, 3.63) is 52.3 Å². The molecule has 28 heavy (non-hydrogen) atoms. The van der Waals surface area contributed by atoms with Crippen molar-refractivity contribution in [2.45, 2.75) is 33.8 Å². The number of benzene rings is 1. The van der Waals surface area contributed by atoms with Gasteiger partial charge in [0, 0.05) is 18.3 Å². The maximum Gasteiger partial charge on any atom is 0.339 e.